The lowest BCUT2D eigenvalue weighted by Crippen LogP contribution is -2.18. The second-order valence-electron chi connectivity index (χ2n) is 5.83. The van der Waals surface area contributed by atoms with Gasteiger partial charge in [0.25, 0.3) is 5.91 Å². The van der Waals surface area contributed by atoms with Gasteiger partial charge in [0.05, 0.1) is 26.4 Å². The van der Waals surface area contributed by atoms with Gasteiger partial charge in [-0.25, -0.2) is 17.2 Å². The summed E-state index contributed by atoms with van der Waals surface area (Å²) in [5.74, 6) is -2.47. The summed E-state index contributed by atoms with van der Waals surface area (Å²) in [6, 6.07) is 7.69. The summed E-state index contributed by atoms with van der Waals surface area (Å²) in [5, 5.41) is 0. The molecule has 9 heteroatoms. The second-order valence-corrected chi connectivity index (χ2v) is 9.09. The first kappa shape index (κ1) is 20.1. The molecule has 28 heavy (non-hydrogen) atoms. The van der Waals surface area contributed by atoms with Crippen molar-refractivity contribution in [3.63, 3.8) is 0 Å². The van der Waals surface area contributed by atoms with Crippen LogP contribution in [0.3, 0.4) is 0 Å². The average molecular weight is 422 g/mol. The quantitative estimate of drug-likeness (QED) is 0.589. The fraction of sp³-hybridized carbons (Fsp3) is 0.158. The Morgan fingerprint density at radius 1 is 1.29 bits per heavy atom. The van der Waals surface area contributed by atoms with Crippen LogP contribution in [-0.2, 0) is 16.4 Å². The monoisotopic (exact) mass is 422 g/mol. The Kier molecular flexibility index (Phi) is 5.57. The molecule has 0 atom stereocenters. The minimum Gasteiger partial charge on any atom is -0.310 e. The van der Waals surface area contributed by atoms with Crippen molar-refractivity contribution >= 4 is 37.3 Å². The normalized spacial score (nSPS) is 12.5. The summed E-state index contributed by atoms with van der Waals surface area (Å²) >= 11 is 0.933. The number of hydrogen-bond acceptors (Lipinski definition) is 4. The van der Waals surface area contributed by atoms with Gasteiger partial charge in [-0.05, 0) is 18.2 Å². The number of allylic oxidation sites excluding steroid dienone is 1. The molecule has 0 saturated heterocycles. The maximum Gasteiger partial charge on any atom is 0.280 e. The van der Waals surface area contributed by atoms with E-state index >= 15 is 0 Å². The van der Waals surface area contributed by atoms with Gasteiger partial charge in [0.1, 0.15) is 5.82 Å². The van der Waals surface area contributed by atoms with Crippen molar-refractivity contribution in [2.45, 2.75) is 18.4 Å². The number of sulfone groups is 1. The third-order valence-corrected chi connectivity index (χ3v) is 6.85. The lowest BCUT2D eigenvalue weighted by atomic mass is 10.2. The predicted molar refractivity (Wildman–Crippen MR) is 104 cm³/mol. The van der Waals surface area contributed by atoms with E-state index in [4.69, 9.17) is 0 Å². The summed E-state index contributed by atoms with van der Waals surface area (Å²) in [4.78, 5) is 16.8. The Hall–Kier alpha value is -2.65. The molecule has 1 amide bonds. The first-order chi connectivity index (χ1) is 13.3. The van der Waals surface area contributed by atoms with Gasteiger partial charge in [0.2, 0.25) is 0 Å². The standard InChI is InChI=1S/C19H16F2N2O3S2/c1-3-9-23-17-14(21)10-12(20)11-15(17)27-19(23)22-18(24)13-7-5-6-8-16(13)28(25,26)4-2/h3,5-8,10-11H,1,4,9H2,2H3. The van der Waals surface area contributed by atoms with E-state index in [0.717, 1.165) is 23.5 Å². The highest BCUT2D eigenvalue weighted by Crippen LogP contribution is 2.23. The molecule has 0 N–H and O–H groups in total. The first-order valence-corrected chi connectivity index (χ1v) is 10.8. The van der Waals surface area contributed by atoms with Crippen LogP contribution in [0.4, 0.5) is 8.78 Å². The summed E-state index contributed by atoms with van der Waals surface area (Å²) in [6.45, 7) is 5.23. The Bertz CT molecular complexity index is 1260. The highest BCUT2D eigenvalue weighted by Gasteiger charge is 2.21. The largest absolute Gasteiger partial charge is 0.310 e. The van der Waals surface area contributed by atoms with Gasteiger partial charge in [0, 0.05) is 12.6 Å². The van der Waals surface area contributed by atoms with Crippen LogP contribution in [0.5, 0.6) is 0 Å². The van der Waals surface area contributed by atoms with Crippen molar-refractivity contribution in [2.24, 2.45) is 4.99 Å². The molecule has 3 aromatic rings. The molecule has 0 aliphatic rings. The van der Waals surface area contributed by atoms with Gasteiger partial charge in [-0.1, -0.05) is 36.5 Å². The number of fused-ring (bicyclic) bond motifs is 1. The zero-order valence-corrected chi connectivity index (χ0v) is 16.5. The molecule has 3 rings (SSSR count). The minimum absolute atomic E-state index is 0.0707. The number of aromatic nitrogens is 1. The molecule has 2 aromatic carbocycles. The van der Waals surface area contributed by atoms with Gasteiger partial charge in [-0.15, -0.1) is 6.58 Å². The molecule has 146 valence electrons. The molecule has 0 bridgehead atoms. The van der Waals surface area contributed by atoms with Crippen LogP contribution in [0.1, 0.15) is 17.3 Å². The smallest absolute Gasteiger partial charge is 0.280 e. The maximum atomic E-state index is 14.3. The predicted octanol–water partition coefficient (Wildman–Crippen LogP) is 3.70. The number of carbonyl (C=O) groups is 1. The Morgan fingerprint density at radius 3 is 2.68 bits per heavy atom. The molecule has 1 heterocycles. The van der Waals surface area contributed by atoms with E-state index in [1.165, 1.54) is 41.8 Å². The molecule has 1 aromatic heterocycles. The van der Waals surface area contributed by atoms with Crippen LogP contribution < -0.4 is 4.80 Å². The minimum atomic E-state index is -3.63. The van der Waals surface area contributed by atoms with Gasteiger partial charge < -0.3 is 4.57 Å². The zero-order chi connectivity index (χ0) is 20.5. The number of amides is 1. The summed E-state index contributed by atoms with van der Waals surface area (Å²) < 4.78 is 54.0. The van der Waals surface area contributed by atoms with E-state index in [2.05, 4.69) is 11.6 Å². The highest BCUT2D eigenvalue weighted by molar-refractivity contribution is 7.91. The molecular formula is C19H16F2N2O3S2. The second kappa shape index (κ2) is 7.76. The van der Waals surface area contributed by atoms with Gasteiger partial charge >= 0.3 is 0 Å². The Labute approximate surface area is 164 Å². The first-order valence-electron chi connectivity index (χ1n) is 8.28. The number of thiazole rings is 1. The molecular weight excluding hydrogens is 406 g/mol. The average Bonchev–Trinajstić information content (AvgIpc) is 2.99. The number of rotatable bonds is 5. The molecule has 0 fully saturated rings. The highest BCUT2D eigenvalue weighted by atomic mass is 32.2. The van der Waals surface area contributed by atoms with E-state index in [0.29, 0.717) is 0 Å². The number of carbonyl (C=O) groups excluding carboxylic acids is 1. The third kappa shape index (κ3) is 3.67. The van der Waals surface area contributed by atoms with Crippen LogP contribution in [0.15, 0.2) is 58.9 Å². The summed E-state index contributed by atoms with van der Waals surface area (Å²) in [5.41, 5.74) is 0.0333. The molecule has 5 nitrogen and oxygen atoms in total. The molecule has 0 spiro atoms. The third-order valence-electron chi connectivity index (χ3n) is 4.04. The lowest BCUT2D eigenvalue weighted by Gasteiger charge is -2.06. The lowest BCUT2D eigenvalue weighted by molar-refractivity contribution is 0.0994. The van der Waals surface area contributed by atoms with Crippen molar-refractivity contribution in [3.05, 3.63) is 71.1 Å². The summed E-state index contributed by atoms with van der Waals surface area (Å²) in [7, 11) is -3.63. The molecule has 0 radical (unpaired) electrons. The van der Waals surface area contributed by atoms with Crippen molar-refractivity contribution in [1.29, 1.82) is 0 Å². The maximum absolute atomic E-state index is 14.3. The Balaban J connectivity index is 2.24. The van der Waals surface area contributed by atoms with Crippen LogP contribution in [0, 0.1) is 11.6 Å². The van der Waals surface area contributed by atoms with E-state index < -0.39 is 27.4 Å². The van der Waals surface area contributed by atoms with Crippen molar-refractivity contribution < 1.29 is 22.0 Å². The van der Waals surface area contributed by atoms with E-state index in [1.807, 2.05) is 0 Å². The van der Waals surface area contributed by atoms with Gasteiger partial charge in [-0.2, -0.15) is 4.99 Å². The van der Waals surface area contributed by atoms with Crippen molar-refractivity contribution in [2.75, 3.05) is 5.75 Å². The van der Waals surface area contributed by atoms with Crippen LogP contribution in [0.2, 0.25) is 0 Å². The number of hydrogen-bond donors (Lipinski definition) is 0. The number of nitrogens with zero attached hydrogens (tertiary/aromatic N) is 2. The van der Waals surface area contributed by atoms with Crippen molar-refractivity contribution in [3.8, 4) is 0 Å². The molecule has 0 aliphatic heterocycles. The number of halogens is 2. The molecule has 0 unspecified atom stereocenters. The fourth-order valence-corrected chi connectivity index (χ4v) is 4.89. The molecule has 0 aliphatic carbocycles. The van der Waals surface area contributed by atoms with E-state index in [9.17, 15) is 22.0 Å². The topological polar surface area (TPSA) is 68.5 Å². The van der Waals surface area contributed by atoms with E-state index in [-0.39, 0.29) is 37.8 Å². The van der Waals surface area contributed by atoms with Gasteiger partial charge in [0.15, 0.2) is 20.5 Å². The van der Waals surface area contributed by atoms with Gasteiger partial charge in [-0.3, -0.25) is 4.79 Å². The molecule has 0 saturated carbocycles. The van der Waals surface area contributed by atoms with Crippen LogP contribution in [-0.4, -0.2) is 24.6 Å². The summed E-state index contributed by atoms with van der Waals surface area (Å²) in [6.07, 6.45) is 1.49. The van der Waals surface area contributed by atoms with Crippen molar-refractivity contribution in [1.82, 2.24) is 4.57 Å². The SMILES string of the molecule is C=CCn1c(=NC(=O)c2ccccc2S(=O)(=O)CC)sc2cc(F)cc(F)c21. The number of benzene rings is 2. The zero-order valence-electron chi connectivity index (χ0n) is 14.9. The fourth-order valence-electron chi connectivity index (χ4n) is 2.73. The van der Waals surface area contributed by atoms with Crippen LogP contribution >= 0.6 is 11.3 Å². The van der Waals surface area contributed by atoms with E-state index in [1.54, 1.807) is 0 Å². The Morgan fingerprint density at radius 2 is 2.00 bits per heavy atom. The van der Waals surface area contributed by atoms with Crippen LogP contribution in [0.25, 0.3) is 10.2 Å².